The summed E-state index contributed by atoms with van der Waals surface area (Å²) in [6.07, 6.45) is 1.82. The van der Waals surface area contributed by atoms with Gasteiger partial charge in [-0.25, -0.2) is 8.42 Å². The first-order chi connectivity index (χ1) is 13.5. The van der Waals surface area contributed by atoms with Gasteiger partial charge in [-0.05, 0) is 60.1 Å². The topological polar surface area (TPSA) is 66.5 Å². The molecule has 0 aromatic heterocycles. The SMILES string of the molecule is CC(C)c1cccc(C(C)C)c1NC(=O)c1ccc2c(c1)CC(C)N2S(C)(=O)=O. The minimum absolute atomic E-state index is 0.146. The van der Waals surface area contributed by atoms with E-state index < -0.39 is 10.0 Å². The third-order valence-corrected chi connectivity index (χ3v) is 6.73. The summed E-state index contributed by atoms with van der Waals surface area (Å²) in [5, 5.41) is 3.13. The third kappa shape index (κ3) is 4.17. The minimum Gasteiger partial charge on any atom is -0.321 e. The number of hydrogen-bond donors (Lipinski definition) is 1. The van der Waals surface area contributed by atoms with Crippen molar-refractivity contribution in [3.8, 4) is 0 Å². The number of sulfonamides is 1. The second kappa shape index (κ2) is 7.82. The molecule has 1 atom stereocenters. The molecule has 0 radical (unpaired) electrons. The van der Waals surface area contributed by atoms with Gasteiger partial charge in [0.25, 0.3) is 5.91 Å². The molecular weight excluding hydrogens is 384 g/mol. The number of carbonyl (C=O) groups is 1. The minimum atomic E-state index is -3.34. The quantitative estimate of drug-likeness (QED) is 0.757. The van der Waals surface area contributed by atoms with Crippen LogP contribution in [-0.4, -0.2) is 26.6 Å². The molecule has 156 valence electrons. The number of fused-ring (bicyclic) bond motifs is 1. The fourth-order valence-corrected chi connectivity index (χ4v) is 5.39. The Balaban J connectivity index is 1.96. The lowest BCUT2D eigenvalue weighted by atomic mass is 9.92. The van der Waals surface area contributed by atoms with Crippen LogP contribution in [0.3, 0.4) is 0 Å². The first-order valence-electron chi connectivity index (χ1n) is 10.1. The predicted molar refractivity (Wildman–Crippen MR) is 120 cm³/mol. The number of carbonyl (C=O) groups excluding carboxylic acids is 1. The summed E-state index contributed by atoms with van der Waals surface area (Å²) < 4.78 is 25.7. The zero-order valence-electron chi connectivity index (χ0n) is 18.0. The number of rotatable bonds is 5. The molecular formula is C23H30N2O3S. The van der Waals surface area contributed by atoms with Gasteiger partial charge in [-0.15, -0.1) is 0 Å². The van der Waals surface area contributed by atoms with Crippen LogP contribution in [0.1, 0.15) is 73.5 Å². The van der Waals surface area contributed by atoms with Crippen LogP contribution in [0.4, 0.5) is 11.4 Å². The van der Waals surface area contributed by atoms with Crippen molar-refractivity contribution in [2.45, 2.75) is 58.9 Å². The number of amides is 1. The lowest BCUT2D eigenvalue weighted by molar-refractivity contribution is 0.102. The normalized spacial score (nSPS) is 16.4. The fraction of sp³-hybridized carbons (Fsp3) is 0.435. The Morgan fingerprint density at radius 3 is 2.17 bits per heavy atom. The van der Waals surface area contributed by atoms with Crippen molar-refractivity contribution in [2.75, 3.05) is 15.9 Å². The van der Waals surface area contributed by atoms with Crippen LogP contribution in [0, 0.1) is 0 Å². The van der Waals surface area contributed by atoms with Crippen molar-refractivity contribution >= 4 is 27.3 Å². The maximum Gasteiger partial charge on any atom is 0.255 e. The van der Waals surface area contributed by atoms with Gasteiger partial charge < -0.3 is 5.32 Å². The molecule has 1 amide bonds. The second-order valence-electron chi connectivity index (χ2n) is 8.53. The molecule has 0 bridgehead atoms. The Labute approximate surface area is 174 Å². The van der Waals surface area contributed by atoms with Crippen LogP contribution in [0.2, 0.25) is 0 Å². The molecule has 0 fully saturated rings. The van der Waals surface area contributed by atoms with E-state index in [0.717, 1.165) is 22.4 Å². The average Bonchev–Trinajstić information content (AvgIpc) is 2.96. The molecule has 0 spiro atoms. The highest BCUT2D eigenvalue weighted by Gasteiger charge is 2.32. The second-order valence-corrected chi connectivity index (χ2v) is 10.4. The highest BCUT2D eigenvalue weighted by atomic mass is 32.2. The molecule has 0 aliphatic carbocycles. The van der Waals surface area contributed by atoms with Crippen molar-refractivity contribution in [1.29, 1.82) is 0 Å². The van der Waals surface area contributed by atoms with Crippen molar-refractivity contribution in [2.24, 2.45) is 0 Å². The fourth-order valence-electron chi connectivity index (χ4n) is 4.13. The van der Waals surface area contributed by atoms with Crippen molar-refractivity contribution in [1.82, 2.24) is 0 Å². The third-order valence-electron chi connectivity index (χ3n) is 5.46. The summed E-state index contributed by atoms with van der Waals surface area (Å²) >= 11 is 0. The van der Waals surface area contributed by atoms with E-state index in [2.05, 4.69) is 45.1 Å². The molecule has 29 heavy (non-hydrogen) atoms. The summed E-state index contributed by atoms with van der Waals surface area (Å²) in [5.74, 6) is 0.398. The number of nitrogens with zero attached hydrogens (tertiary/aromatic N) is 1. The standard InChI is InChI=1S/C23H30N2O3S/c1-14(2)19-8-7-9-20(15(3)4)22(19)24-23(26)17-10-11-21-18(13-17)12-16(5)25(21)29(6,27)28/h7-11,13-16H,12H2,1-6H3,(H,24,26). The Bertz CT molecular complexity index is 1020. The molecule has 5 nitrogen and oxygen atoms in total. The van der Waals surface area contributed by atoms with E-state index in [9.17, 15) is 13.2 Å². The molecule has 6 heteroatoms. The van der Waals surface area contributed by atoms with E-state index in [-0.39, 0.29) is 23.8 Å². The van der Waals surface area contributed by atoms with Crippen LogP contribution < -0.4 is 9.62 Å². The molecule has 1 aliphatic rings. The van der Waals surface area contributed by atoms with Crippen LogP contribution in [-0.2, 0) is 16.4 Å². The summed E-state index contributed by atoms with van der Waals surface area (Å²) in [6.45, 7) is 10.4. The van der Waals surface area contributed by atoms with E-state index in [1.165, 1.54) is 10.6 Å². The van der Waals surface area contributed by atoms with Crippen LogP contribution in [0.25, 0.3) is 0 Å². The molecule has 2 aromatic rings. The monoisotopic (exact) mass is 414 g/mol. The van der Waals surface area contributed by atoms with E-state index >= 15 is 0 Å². The van der Waals surface area contributed by atoms with Gasteiger partial charge in [0.1, 0.15) is 0 Å². The van der Waals surface area contributed by atoms with Gasteiger partial charge in [-0.2, -0.15) is 0 Å². The number of benzene rings is 2. The summed E-state index contributed by atoms with van der Waals surface area (Å²) in [5.41, 5.74) is 5.21. The maximum atomic E-state index is 13.1. The van der Waals surface area contributed by atoms with Gasteiger partial charge in [0.05, 0.1) is 11.9 Å². The van der Waals surface area contributed by atoms with Gasteiger partial charge >= 0.3 is 0 Å². The molecule has 1 heterocycles. The summed E-state index contributed by atoms with van der Waals surface area (Å²) in [6, 6.07) is 11.3. The van der Waals surface area contributed by atoms with Gasteiger partial charge in [-0.3, -0.25) is 9.10 Å². The molecule has 0 saturated heterocycles. The predicted octanol–water partition coefficient (Wildman–Crippen LogP) is 4.90. The Hall–Kier alpha value is -2.34. The Kier molecular flexibility index (Phi) is 5.77. The Morgan fingerprint density at radius 2 is 1.66 bits per heavy atom. The molecule has 0 saturated carbocycles. The number of anilines is 2. The van der Waals surface area contributed by atoms with Crippen molar-refractivity contribution in [3.63, 3.8) is 0 Å². The first-order valence-corrected chi connectivity index (χ1v) is 11.9. The molecule has 3 rings (SSSR count). The van der Waals surface area contributed by atoms with Crippen molar-refractivity contribution < 1.29 is 13.2 Å². The molecule has 2 aromatic carbocycles. The number of hydrogen-bond acceptors (Lipinski definition) is 3. The highest BCUT2D eigenvalue weighted by molar-refractivity contribution is 7.92. The van der Waals surface area contributed by atoms with Gasteiger partial charge in [0.15, 0.2) is 0 Å². The molecule has 1 unspecified atom stereocenters. The summed E-state index contributed by atoms with van der Waals surface area (Å²) in [4.78, 5) is 13.1. The van der Waals surface area contributed by atoms with E-state index in [1.807, 2.05) is 19.1 Å². The lowest BCUT2D eigenvalue weighted by Crippen LogP contribution is -2.34. The van der Waals surface area contributed by atoms with Gasteiger partial charge in [0.2, 0.25) is 10.0 Å². The van der Waals surface area contributed by atoms with E-state index in [4.69, 9.17) is 0 Å². The highest BCUT2D eigenvalue weighted by Crippen LogP contribution is 2.36. The average molecular weight is 415 g/mol. The zero-order valence-corrected chi connectivity index (χ0v) is 18.8. The largest absolute Gasteiger partial charge is 0.321 e. The van der Waals surface area contributed by atoms with Crippen molar-refractivity contribution in [3.05, 3.63) is 58.7 Å². The van der Waals surface area contributed by atoms with Gasteiger partial charge in [0, 0.05) is 17.3 Å². The zero-order chi connectivity index (χ0) is 21.5. The van der Waals surface area contributed by atoms with Crippen LogP contribution in [0.15, 0.2) is 36.4 Å². The smallest absolute Gasteiger partial charge is 0.255 e. The lowest BCUT2D eigenvalue weighted by Gasteiger charge is -2.22. The molecule has 1 aliphatic heterocycles. The summed E-state index contributed by atoms with van der Waals surface area (Å²) in [7, 11) is -3.34. The van der Waals surface area contributed by atoms with E-state index in [1.54, 1.807) is 12.1 Å². The number of para-hydroxylation sites is 1. The van der Waals surface area contributed by atoms with Crippen LogP contribution >= 0.6 is 0 Å². The first kappa shape index (κ1) is 21.4. The Morgan fingerprint density at radius 1 is 1.07 bits per heavy atom. The van der Waals surface area contributed by atoms with E-state index in [0.29, 0.717) is 17.7 Å². The van der Waals surface area contributed by atoms with Crippen LogP contribution in [0.5, 0.6) is 0 Å². The van der Waals surface area contributed by atoms with Gasteiger partial charge in [-0.1, -0.05) is 45.9 Å². The number of nitrogens with one attached hydrogen (secondary N) is 1. The maximum absolute atomic E-state index is 13.1. The molecule has 1 N–H and O–H groups in total.